The molecule has 3 aromatic rings. The van der Waals surface area contributed by atoms with Gasteiger partial charge in [0, 0.05) is 37.0 Å². The van der Waals surface area contributed by atoms with Gasteiger partial charge in [0.25, 0.3) is 0 Å². The molecule has 3 aliphatic rings. The summed E-state index contributed by atoms with van der Waals surface area (Å²) >= 11 is 0. The van der Waals surface area contributed by atoms with Gasteiger partial charge in [-0.15, -0.1) is 0 Å². The van der Waals surface area contributed by atoms with E-state index < -0.39 is 70.9 Å². The van der Waals surface area contributed by atoms with Gasteiger partial charge in [-0.25, -0.2) is 4.39 Å². The normalized spacial score (nSPS) is 22.1. The number of likely N-dealkylation sites (N-methyl/N-ethyl adjacent to an activating group) is 2. The molecule has 14 nitrogen and oxygen atoms in total. The summed E-state index contributed by atoms with van der Waals surface area (Å²) in [4.78, 5) is 75.5. The first-order chi connectivity index (χ1) is 32.0. The maximum Gasteiger partial charge on any atom is 0.246 e. The number of nitrogens with one attached hydrogen (secondary N) is 6. The van der Waals surface area contributed by atoms with Crippen molar-refractivity contribution in [2.75, 3.05) is 20.6 Å². The molecule has 10 atom stereocenters. The molecule has 1 saturated heterocycles. The van der Waals surface area contributed by atoms with Crippen molar-refractivity contribution in [1.29, 1.82) is 0 Å². The van der Waals surface area contributed by atoms with Gasteiger partial charge in [-0.3, -0.25) is 29.3 Å². The summed E-state index contributed by atoms with van der Waals surface area (Å²) in [6.07, 6.45) is 2.09. The third-order valence-electron chi connectivity index (χ3n) is 14.3. The van der Waals surface area contributed by atoms with E-state index >= 15 is 0 Å². The molecule has 0 radical (unpaired) electrons. The Morgan fingerprint density at radius 2 is 1.41 bits per heavy atom. The maximum absolute atomic E-state index is 15.0. The molecule has 0 spiro atoms. The summed E-state index contributed by atoms with van der Waals surface area (Å²) < 4.78 is 14.9. The summed E-state index contributed by atoms with van der Waals surface area (Å²) in [6.45, 7) is 16.9. The monoisotopic (exact) mass is 939 g/mol. The third-order valence-corrected chi connectivity index (χ3v) is 14.3. The number of hydrogen-bond acceptors (Lipinski definition) is 9. The van der Waals surface area contributed by atoms with Crippen LogP contribution in [0.2, 0.25) is 0 Å². The molecule has 2 aliphatic heterocycles. The van der Waals surface area contributed by atoms with Gasteiger partial charge in [0.05, 0.1) is 24.2 Å². The molecule has 0 bridgehead atoms. The van der Waals surface area contributed by atoms with Crippen molar-refractivity contribution in [3.8, 4) is 0 Å². The van der Waals surface area contributed by atoms with Crippen molar-refractivity contribution >= 4 is 29.5 Å². The van der Waals surface area contributed by atoms with E-state index in [1.54, 1.807) is 51.0 Å². The van der Waals surface area contributed by atoms with E-state index in [0.29, 0.717) is 12.0 Å². The first-order valence-corrected chi connectivity index (χ1v) is 24.3. The number of aliphatic hydroxyl groups is 1. The Hall–Kier alpha value is -5.22. The topological polar surface area (TPSA) is 184 Å². The molecule has 3 aromatic carbocycles. The largest absolute Gasteiger partial charge is 0.377 e. The van der Waals surface area contributed by atoms with Gasteiger partial charge in [-0.05, 0) is 105 Å². The zero-order valence-electron chi connectivity index (χ0n) is 41.8. The molecule has 10 unspecified atom stereocenters. The molecule has 1 aliphatic carbocycles. The van der Waals surface area contributed by atoms with Crippen LogP contribution in [0.15, 0.2) is 66.7 Å². The Bertz CT molecular complexity index is 2310. The number of aliphatic hydroxyl groups excluding tert-OH is 1. The van der Waals surface area contributed by atoms with Crippen LogP contribution in [0.3, 0.4) is 0 Å². The number of carbonyl (C=O) groups excluding carboxylic acids is 5. The Kier molecular flexibility index (Phi) is 16.6. The van der Waals surface area contributed by atoms with Gasteiger partial charge in [0.15, 0.2) is 0 Å². The average molecular weight is 939 g/mol. The SMILES string of the molecule is CNC(C)C(=O)NC(C(=O)N1Cc2cc(C3CC(C(=O)NC4CCCc5ccccc54)N(C(=O)C(NC(O)C(C)NC)C(C)(C)C)C3)ccc2CC1C(=O)NC(C)c1ccccc1F)C(C)(C)C. The second-order valence-corrected chi connectivity index (χ2v) is 21.4. The highest BCUT2D eigenvalue weighted by atomic mass is 19.1. The number of aryl methyl sites for hydroxylation is 1. The zero-order chi connectivity index (χ0) is 49.8. The summed E-state index contributed by atoms with van der Waals surface area (Å²) in [5.74, 6) is -2.52. The number of rotatable bonds is 15. The molecule has 0 aromatic heterocycles. The van der Waals surface area contributed by atoms with Crippen molar-refractivity contribution in [1.82, 2.24) is 41.7 Å². The van der Waals surface area contributed by atoms with Crippen LogP contribution in [0.1, 0.15) is 133 Å². The van der Waals surface area contributed by atoms with E-state index in [1.807, 2.05) is 78.8 Å². The lowest BCUT2D eigenvalue weighted by molar-refractivity contribution is -0.147. The lowest BCUT2D eigenvalue weighted by atomic mass is 9.83. The lowest BCUT2D eigenvalue weighted by Gasteiger charge is -2.41. The van der Waals surface area contributed by atoms with Crippen molar-refractivity contribution in [2.45, 2.75) is 161 Å². The fourth-order valence-corrected chi connectivity index (χ4v) is 9.82. The number of carbonyl (C=O) groups is 5. The number of amides is 5. The number of hydrogen-bond donors (Lipinski definition) is 7. The fraction of sp³-hybridized carbons (Fsp3) is 0.566. The van der Waals surface area contributed by atoms with Crippen molar-refractivity contribution < 1.29 is 33.5 Å². The van der Waals surface area contributed by atoms with Gasteiger partial charge in [0.1, 0.15) is 30.2 Å². The minimum absolute atomic E-state index is 0.0378. The predicted molar refractivity (Wildman–Crippen MR) is 261 cm³/mol. The molecular formula is C53H75FN8O6. The Morgan fingerprint density at radius 3 is 2.07 bits per heavy atom. The summed E-state index contributed by atoms with van der Waals surface area (Å²) in [5, 5.41) is 29.5. The molecule has 7 N–H and O–H groups in total. The highest BCUT2D eigenvalue weighted by Crippen LogP contribution is 2.38. The van der Waals surface area contributed by atoms with Crippen LogP contribution < -0.4 is 31.9 Å². The Balaban J connectivity index is 1.35. The number of fused-ring (bicyclic) bond motifs is 2. The minimum Gasteiger partial charge on any atom is -0.377 e. The van der Waals surface area contributed by atoms with Gasteiger partial charge in [0.2, 0.25) is 29.5 Å². The highest BCUT2D eigenvalue weighted by Gasteiger charge is 2.47. The van der Waals surface area contributed by atoms with E-state index in [9.17, 15) is 33.5 Å². The van der Waals surface area contributed by atoms with Crippen LogP contribution in [0.25, 0.3) is 0 Å². The standard InChI is InChI=1S/C53H75FN8O6/c1-30(38-19-14-15-21-40(38)54)57-48(65)42-26-35-24-23-34(25-36(35)28-61(42)50(67)44(52(4,5)6)59-46(63)31(2)55-10)37-27-43(49(66)58-41-22-16-18-33-17-12-13-20-39(33)41)62(29-37)51(68)45(53(7,8)9)60-47(64)32(3)56-11/h12-15,17,19-21,23-25,30-32,37,41-45,47,55-56,60,64H,16,18,22,26-29H2,1-11H3,(H,57,65)(H,58,66)(H,59,63). The van der Waals surface area contributed by atoms with E-state index in [-0.39, 0.29) is 55.2 Å². The summed E-state index contributed by atoms with van der Waals surface area (Å²) in [7, 11) is 3.40. The van der Waals surface area contributed by atoms with Gasteiger partial charge < -0.3 is 41.5 Å². The number of likely N-dealkylation sites (tertiary alicyclic amines) is 1. The number of benzene rings is 3. The van der Waals surface area contributed by atoms with Crippen LogP contribution in [-0.4, -0.2) is 108 Å². The van der Waals surface area contributed by atoms with Crippen molar-refractivity contribution in [3.63, 3.8) is 0 Å². The Labute approximate surface area is 402 Å². The van der Waals surface area contributed by atoms with Crippen LogP contribution in [0, 0.1) is 16.6 Å². The summed E-state index contributed by atoms with van der Waals surface area (Å²) in [6, 6.07) is 14.9. The highest BCUT2D eigenvalue weighted by molar-refractivity contribution is 5.94. The van der Waals surface area contributed by atoms with Gasteiger partial charge >= 0.3 is 0 Å². The van der Waals surface area contributed by atoms with Crippen molar-refractivity contribution in [2.24, 2.45) is 10.8 Å². The number of nitrogens with zero attached hydrogens (tertiary/aromatic N) is 2. The van der Waals surface area contributed by atoms with Crippen LogP contribution in [-0.2, 0) is 43.4 Å². The quantitative estimate of drug-likeness (QED) is 0.104. The molecule has 2 heterocycles. The smallest absolute Gasteiger partial charge is 0.246 e. The fourth-order valence-electron chi connectivity index (χ4n) is 9.82. The molecule has 5 amide bonds. The molecule has 15 heteroatoms. The van der Waals surface area contributed by atoms with Crippen molar-refractivity contribution in [3.05, 3.63) is 106 Å². The first-order valence-electron chi connectivity index (χ1n) is 24.3. The lowest BCUT2D eigenvalue weighted by Crippen LogP contribution is -2.62. The second-order valence-electron chi connectivity index (χ2n) is 21.4. The third kappa shape index (κ3) is 11.8. The molecule has 0 saturated carbocycles. The molecule has 6 rings (SSSR count). The van der Waals surface area contributed by atoms with Gasteiger partial charge in [-0.2, -0.15) is 0 Å². The minimum atomic E-state index is -1.05. The molecule has 68 heavy (non-hydrogen) atoms. The molecular weight excluding hydrogens is 864 g/mol. The van der Waals surface area contributed by atoms with E-state index in [1.165, 1.54) is 16.5 Å². The van der Waals surface area contributed by atoms with Crippen LogP contribution in [0.4, 0.5) is 4.39 Å². The van der Waals surface area contributed by atoms with Crippen LogP contribution in [0.5, 0.6) is 0 Å². The Morgan fingerprint density at radius 1 is 0.750 bits per heavy atom. The van der Waals surface area contributed by atoms with E-state index in [2.05, 4.69) is 44.0 Å². The van der Waals surface area contributed by atoms with E-state index in [4.69, 9.17) is 0 Å². The first kappa shape index (κ1) is 52.2. The van der Waals surface area contributed by atoms with Crippen LogP contribution >= 0.6 is 0 Å². The number of halogens is 1. The predicted octanol–water partition coefficient (Wildman–Crippen LogP) is 4.90. The molecule has 1 fully saturated rings. The maximum atomic E-state index is 15.0. The van der Waals surface area contributed by atoms with Gasteiger partial charge in [-0.1, -0.05) is 102 Å². The second kappa shape index (κ2) is 21.6. The van der Waals surface area contributed by atoms with E-state index in [0.717, 1.165) is 41.5 Å². The average Bonchev–Trinajstić information content (AvgIpc) is 3.76. The molecule has 370 valence electrons. The summed E-state index contributed by atoms with van der Waals surface area (Å²) in [5.41, 5.74) is 3.73. The zero-order valence-corrected chi connectivity index (χ0v) is 41.8.